The van der Waals surface area contributed by atoms with Crippen molar-refractivity contribution in [3.8, 4) is 0 Å². The molecule has 1 saturated heterocycles. The molecule has 0 aromatic rings. The number of nitrogens with zero attached hydrogens (tertiary/aromatic N) is 2. The van der Waals surface area contributed by atoms with E-state index in [9.17, 15) is 20.1 Å². The second kappa shape index (κ2) is 7.57. The van der Waals surface area contributed by atoms with E-state index in [1.54, 1.807) is 20.8 Å². The first-order valence-corrected chi connectivity index (χ1v) is 8.93. The lowest BCUT2D eigenvalue weighted by molar-refractivity contribution is -0.164. The number of ether oxygens (including phenoxy) is 2. The van der Waals surface area contributed by atoms with E-state index >= 15 is 0 Å². The van der Waals surface area contributed by atoms with Crippen molar-refractivity contribution in [2.45, 2.75) is 69.5 Å². The number of hydrogen-bond acceptors (Lipinski definition) is 8. The highest BCUT2D eigenvalue weighted by Crippen LogP contribution is 2.37. The number of carbonyl (C=O) groups is 1. The van der Waals surface area contributed by atoms with Gasteiger partial charge in [0.25, 0.3) is 0 Å². The van der Waals surface area contributed by atoms with E-state index in [1.165, 1.54) is 16.7 Å². The van der Waals surface area contributed by atoms with E-state index in [4.69, 9.17) is 9.47 Å². The fourth-order valence-electron chi connectivity index (χ4n) is 2.50. The summed E-state index contributed by atoms with van der Waals surface area (Å²) in [4.78, 5) is 18.2. The Morgan fingerprint density at radius 1 is 1.38 bits per heavy atom. The quantitative estimate of drug-likeness (QED) is 0.672. The van der Waals surface area contributed by atoms with Crippen LogP contribution in [0.3, 0.4) is 0 Å². The molecule has 2 rings (SSSR count). The van der Waals surface area contributed by atoms with Gasteiger partial charge in [0.1, 0.15) is 35.4 Å². The number of thioether (sulfide) groups is 1. The SMILES string of the molecule is CCCN(C(=O)OC(C)(C)C)C1=N[C@@H]2[C@@H](O)[C@H](O)[C@@H](CO)O[C@@H]2S1. The number of carbonyl (C=O) groups excluding carboxylic acids is 1. The minimum Gasteiger partial charge on any atom is -0.443 e. The van der Waals surface area contributed by atoms with Crippen LogP contribution in [0.15, 0.2) is 4.99 Å². The van der Waals surface area contributed by atoms with Gasteiger partial charge in [-0.05, 0) is 27.2 Å². The Balaban J connectivity index is 2.16. The van der Waals surface area contributed by atoms with Gasteiger partial charge in [-0.1, -0.05) is 18.7 Å². The van der Waals surface area contributed by atoms with Crippen LogP contribution in [0.4, 0.5) is 4.79 Å². The lowest BCUT2D eigenvalue weighted by Crippen LogP contribution is -2.55. The Labute approximate surface area is 145 Å². The third-order valence-electron chi connectivity index (χ3n) is 3.62. The molecule has 1 fully saturated rings. The van der Waals surface area contributed by atoms with Gasteiger partial charge in [0, 0.05) is 6.54 Å². The average molecular weight is 362 g/mol. The van der Waals surface area contributed by atoms with Crippen molar-refractivity contribution in [1.29, 1.82) is 0 Å². The van der Waals surface area contributed by atoms with Crippen molar-refractivity contribution in [2.24, 2.45) is 4.99 Å². The molecule has 0 bridgehead atoms. The van der Waals surface area contributed by atoms with E-state index in [0.717, 1.165) is 0 Å². The van der Waals surface area contributed by atoms with Crippen molar-refractivity contribution < 1.29 is 29.6 Å². The van der Waals surface area contributed by atoms with Gasteiger partial charge in [0.15, 0.2) is 5.17 Å². The zero-order valence-corrected chi connectivity index (χ0v) is 15.2. The van der Waals surface area contributed by atoms with Crippen molar-refractivity contribution in [1.82, 2.24) is 4.90 Å². The molecule has 3 N–H and O–H groups in total. The third kappa shape index (κ3) is 4.20. The molecular formula is C15H26N2O6S. The fraction of sp³-hybridized carbons (Fsp3) is 0.867. The Hall–Kier alpha value is -0.870. The van der Waals surface area contributed by atoms with Gasteiger partial charge in [0.2, 0.25) is 0 Å². The van der Waals surface area contributed by atoms with Crippen molar-refractivity contribution >= 4 is 23.0 Å². The molecular weight excluding hydrogens is 336 g/mol. The highest BCUT2D eigenvalue weighted by molar-refractivity contribution is 8.14. The number of aliphatic hydroxyl groups excluding tert-OH is 3. The molecule has 0 saturated carbocycles. The summed E-state index contributed by atoms with van der Waals surface area (Å²) in [6, 6.07) is -0.690. The molecule has 0 aliphatic carbocycles. The summed E-state index contributed by atoms with van der Waals surface area (Å²) in [7, 11) is 0. The summed E-state index contributed by atoms with van der Waals surface area (Å²) >= 11 is 1.19. The zero-order valence-electron chi connectivity index (χ0n) is 14.4. The number of amides is 1. The third-order valence-corrected chi connectivity index (χ3v) is 4.78. The maximum absolute atomic E-state index is 12.4. The topological polar surface area (TPSA) is 112 Å². The first-order chi connectivity index (χ1) is 11.2. The lowest BCUT2D eigenvalue weighted by atomic mass is 9.99. The van der Waals surface area contributed by atoms with E-state index in [0.29, 0.717) is 18.1 Å². The van der Waals surface area contributed by atoms with Crippen LogP contribution in [0.2, 0.25) is 0 Å². The van der Waals surface area contributed by atoms with E-state index in [2.05, 4.69) is 4.99 Å². The summed E-state index contributed by atoms with van der Waals surface area (Å²) in [6.45, 7) is 7.31. The molecule has 138 valence electrons. The summed E-state index contributed by atoms with van der Waals surface area (Å²) in [5.74, 6) is 0. The van der Waals surface area contributed by atoms with Gasteiger partial charge in [-0.3, -0.25) is 9.89 Å². The molecule has 5 atom stereocenters. The number of amidine groups is 1. The van der Waals surface area contributed by atoms with Crippen LogP contribution < -0.4 is 0 Å². The maximum atomic E-state index is 12.4. The molecule has 24 heavy (non-hydrogen) atoms. The maximum Gasteiger partial charge on any atom is 0.416 e. The molecule has 0 unspecified atom stereocenters. The standard InChI is InChI=1S/C15H26N2O6S/c1-5-6-17(14(21)23-15(2,3)4)13-16-9-11(20)10(19)8(7-18)22-12(9)24-13/h8-12,18-20H,5-7H2,1-4H3/t8-,9-,10-,11-,12-/m1/s1. The van der Waals surface area contributed by atoms with Crippen LogP contribution in [-0.2, 0) is 9.47 Å². The molecule has 0 aromatic carbocycles. The Kier molecular flexibility index (Phi) is 6.14. The summed E-state index contributed by atoms with van der Waals surface area (Å²) in [6.07, 6.45) is -3.05. The molecule has 0 radical (unpaired) electrons. The molecule has 2 aliphatic rings. The Bertz CT molecular complexity index is 495. The second-order valence-electron chi connectivity index (χ2n) is 6.86. The van der Waals surface area contributed by atoms with Crippen LogP contribution in [0.5, 0.6) is 0 Å². The van der Waals surface area contributed by atoms with Crippen LogP contribution in [0.1, 0.15) is 34.1 Å². The smallest absolute Gasteiger partial charge is 0.416 e. The fourth-order valence-corrected chi connectivity index (χ4v) is 3.75. The summed E-state index contributed by atoms with van der Waals surface area (Å²) < 4.78 is 11.0. The molecule has 8 nitrogen and oxygen atoms in total. The van der Waals surface area contributed by atoms with Crippen LogP contribution >= 0.6 is 11.8 Å². The first-order valence-electron chi connectivity index (χ1n) is 8.05. The van der Waals surface area contributed by atoms with Gasteiger partial charge in [-0.2, -0.15) is 0 Å². The lowest BCUT2D eigenvalue weighted by Gasteiger charge is -2.37. The second-order valence-corrected chi connectivity index (χ2v) is 7.92. The van der Waals surface area contributed by atoms with Crippen LogP contribution in [0.25, 0.3) is 0 Å². The van der Waals surface area contributed by atoms with E-state index < -0.39 is 48.1 Å². The van der Waals surface area contributed by atoms with Crippen LogP contribution in [0, 0.1) is 0 Å². The first kappa shape index (κ1) is 19.5. The summed E-state index contributed by atoms with van der Waals surface area (Å²) in [5.41, 5.74) is -1.19. The predicted molar refractivity (Wildman–Crippen MR) is 89.8 cm³/mol. The molecule has 2 aliphatic heterocycles. The number of fused-ring (bicyclic) bond motifs is 1. The Morgan fingerprint density at radius 3 is 2.58 bits per heavy atom. The number of rotatable bonds is 3. The van der Waals surface area contributed by atoms with E-state index in [-0.39, 0.29) is 0 Å². The number of aliphatic hydroxyl groups is 3. The van der Waals surface area contributed by atoms with Crippen LogP contribution in [-0.4, -0.2) is 80.0 Å². The molecule has 9 heteroatoms. The number of hydrogen-bond donors (Lipinski definition) is 3. The van der Waals surface area contributed by atoms with Gasteiger partial charge < -0.3 is 24.8 Å². The average Bonchev–Trinajstić information content (AvgIpc) is 2.90. The molecule has 2 heterocycles. The van der Waals surface area contributed by atoms with Crippen molar-refractivity contribution in [3.63, 3.8) is 0 Å². The van der Waals surface area contributed by atoms with Gasteiger partial charge in [-0.15, -0.1) is 0 Å². The molecule has 1 amide bonds. The van der Waals surface area contributed by atoms with Crippen molar-refractivity contribution in [2.75, 3.05) is 13.2 Å². The summed E-state index contributed by atoms with van der Waals surface area (Å²) in [5, 5.41) is 29.8. The minimum atomic E-state index is -1.22. The van der Waals surface area contributed by atoms with E-state index in [1.807, 2.05) is 6.92 Å². The largest absolute Gasteiger partial charge is 0.443 e. The highest BCUT2D eigenvalue weighted by Gasteiger charge is 2.49. The normalized spacial score (nSPS) is 33.0. The minimum absolute atomic E-state index is 0.394. The predicted octanol–water partition coefficient (Wildman–Crippen LogP) is 0.544. The Morgan fingerprint density at radius 2 is 2.04 bits per heavy atom. The van der Waals surface area contributed by atoms with Gasteiger partial charge in [0.05, 0.1) is 6.61 Å². The van der Waals surface area contributed by atoms with Gasteiger partial charge in [-0.25, -0.2) is 4.79 Å². The number of aliphatic imine (C=N–C) groups is 1. The monoisotopic (exact) mass is 362 g/mol. The molecule has 0 spiro atoms. The van der Waals surface area contributed by atoms with Gasteiger partial charge >= 0.3 is 6.09 Å². The highest BCUT2D eigenvalue weighted by atomic mass is 32.2. The van der Waals surface area contributed by atoms with Crippen molar-refractivity contribution in [3.05, 3.63) is 0 Å². The zero-order chi connectivity index (χ0) is 18.1. The molecule has 0 aromatic heterocycles.